The third kappa shape index (κ3) is 4.36. The lowest BCUT2D eigenvalue weighted by Gasteiger charge is -2.27. The Morgan fingerprint density at radius 2 is 2.03 bits per heavy atom. The Kier molecular flexibility index (Phi) is 6.08. The number of benzene rings is 1. The zero-order valence-electron chi connectivity index (χ0n) is 17.4. The van der Waals surface area contributed by atoms with Crippen LogP contribution in [0.4, 0.5) is 0 Å². The van der Waals surface area contributed by atoms with Gasteiger partial charge in [0.25, 0.3) is 5.91 Å². The zero-order chi connectivity index (χ0) is 21.1. The first kappa shape index (κ1) is 20.5. The topological polar surface area (TPSA) is 66.4 Å². The van der Waals surface area contributed by atoms with Crippen LogP contribution in [0.5, 0.6) is 0 Å². The van der Waals surface area contributed by atoms with Gasteiger partial charge in [-0.15, -0.1) is 11.3 Å². The summed E-state index contributed by atoms with van der Waals surface area (Å²) >= 11 is 1.57. The molecule has 3 aromatic rings. The molecular weight excluding hydrogens is 396 g/mol. The van der Waals surface area contributed by atoms with Crippen LogP contribution in [0.15, 0.2) is 41.9 Å². The number of hydrogen-bond acceptors (Lipinski definition) is 5. The summed E-state index contributed by atoms with van der Waals surface area (Å²) in [6, 6.07) is 9.84. The van der Waals surface area contributed by atoms with Crippen LogP contribution in [0.3, 0.4) is 0 Å². The average Bonchev–Trinajstić information content (AvgIpc) is 3.01. The van der Waals surface area contributed by atoms with E-state index in [1.165, 1.54) is 0 Å². The van der Waals surface area contributed by atoms with Crippen molar-refractivity contribution in [2.24, 2.45) is 0 Å². The SMILES string of the molecule is Cc1nc(CC(=O)N2CCCC(N(C)C(=O)c3nccc4ccccc34)CC2)cs1. The highest BCUT2D eigenvalue weighted by Gasteiger charge is 2.27. The van der Waals surface area contributed by atoms with Crippen LogP contribution in [0, 0.1) is 6.92 Å². The lowest BCUT2D eigenvalue weighted by molar-refractivity contribution is -0.130. The number of carbonyl (C=O) groups excluding carboxylic acids is 2. The number of fused-ring (bicyclic) bond motifs is 1. The van der Waals surface area contributed by atoms with Gasteiger partial charge < -0.3 is 9.80 Å². The molecule has 7 heteroatoms. The summed E-state index contributed by atoms with van der Waals surface area (Å²) in [6.45, 7) is 3.34. The van der Waals surface area contributed by atoms with Gasteiger partial charge in [-0.05, 0) is 37.6 Å². The third-order valence-corrected chi connectivity index (χ3v) is 6.62. The van der Waals surface area contributed by atoms with Crippen molar-refractivity contribution in [1.82, 2.24) is 19.8 Å². The number of aromatic nitrogens is 2. The van der Waals surface area contributed by atoms with Crippen LogP contribution in [0.1, 0.15) is 40.5 Å². The van der Waals surface area contributed by atoms with Crippen molar-refractivity contribution in [3.63, 3.8) is 0 Å². The third-order valence-electron chi connectivity index (χ3n) is 5.79. The molecule has 1 saturated heterocycles. The lowest BCUT2D eigenvalue weighted by atomic mass is 10.1. The van der Waals surface area contributed by atoms with E-state index in [-0.39, 0.29) is 17.9 Å². The van der Waals surface area contributed by atoms with Crippen molar-refractivity contribution in [2.45, 2.75) is 38.6 Å². The molecule has 1 aromatic carbocycles. The van der Waals surface area contributed by atoms with Gasteiger partial charge in [-0.3, -0.25) is 14.6 Å². The van der Waals surface area contributed by atoms with Crippen molar-refractivity contribution >= 4 is 33.9 Å². The Morgan fingerprint density at radius 1 is 1.20 bits per heavy atom. The van der Waals surface area contributed by atoms with E-state index in [0.717, 1.165) is 47.3 Å². The van der Waals surface area contributed by atoms with Gasteiger partial charge in [-0.1, -0.05) is 24.3 Å². The summed E-state index contributed by atoms with van der Waals surface area (Å²) in [5, 5.41) is 4.83. The maximum atomic E-state index is 13.2. The Morgan fingerprint density at radius 3 is 2.83 bits per heavy atom. The standard InChI is InChI=1S/C23H26N4O2S/c1-16-25-18(15-30-16)14-21(28)27-12-5-7-19(10-13-27)26(2)23(29)22-20-8-4-3-6-17(20)9-11-24-22/h3-4,6,8-9,11,15,19H,5,7,10,12-14H2,1-2H3. The molecule has 0 saturated carbocycles. The fourth-order valence-corrected chi connectivity index (χ4v) is 4.71. The molecule has 156 valence electrons. The highest BCUT2D eigenvalue weighted by Crippen LogP contribution is 2.22. The highest BCUT2D eigenvalue weighted by atomic mass is 32.1. The minimum Gasteiger partial charge on any atom is -0.342 e. The molecule has 1 aliphatic heterocycles. The fourth-order valence-electron chi connectivity index (χ4n) is 4.09. The van der Waals surface area contributed by atoms with Crippen molar-refractivity contribution < 1.29 is 9.59 Å². The van der Waals surface area contributed by atoms with Gasteiger partial charge in [0.1, 0.15) is 5.69 Å². The van der Waals surface area contributed by atoms with Crippen molar-refractivity contribution in [3.8, 4) is 0 Å². The first-order valence-corrected chi connectivity index (χ1v) is 11.2. The molecule has 0 bridgehead atoms. The second-order valence-corrected chi connectivity index (χ2v) is 8.86. The summed E-state index contributed by atoms with van der Waals surface area (Å²) in [6.07, 6.45) is 4.58. The van der Waals surface area contributed by atoms with Crippen molar-refractivity contribution in [2.75, 3.05) is 20.1 Å². The summed E-state index contributed by atoms with van der Waals surface area (Å²) in [5.41, 5.74) is 1.34. The van der Waals surface area contributed by atoms with Gasteiger partial charge in [0.05, 0.1) is 17.1 Å². The van der Waals surface area contributed by atoms with Gasteiger partial charge in [0.15, 0.2) is 0 Å². The van der Waals surface area contributed by atoms with Gasteiger partial charge in [0, 0.05) is 43.1 Å². The number of nitrogens with zero attached hydrogens (tertiary/aromatic N) is 4. The lowest BCUT2D eigenvalue weighted by Crippen LogP contribution is -2.39. The fraction of sp³-hybridized carbons (Fsp3) is 0.391. The number of likely N-dealkylation sites (tertiary alicyclic amines) is 1. The second-order valence-electron chi connectivity index (χ2n) is 7.80. The number of amides is 2. The maximum Gasteiger partial charge on any atom is 0.273 e. The average molecular weight is 423 g/mol. The smallest absolute Gasteiger partial charge is 0.273 e. The minimum atomic E-state index is -0.0606. The first-order valence-electron chi connectivity index (χ1n) is 10.3. The van der Waals surface area contributed by atoms with E-state index in [2.05, 4.69) is 9.97 Å². The molecule has 2 aromatic heterocycles. The molecule has 3 heterocycles. The van der Waals surface area contributed by atoms with E-state index in [1.807, 2.05) is 59.5 Å². The highest BCUT2D eigenvalue weighted by molar-refractivity contribution is 7.09. The number of thiazole rings is 1. The molecule has 1 aliphatic rings. The molecule has 1 atom stereocenters. The Labute approximate surface area is 180 Å². The molecule has 6 nitrogen and oxygen atoms in total. The number of carbonyl (C=O) groups is 2. The van der Waals surface area contributed by atoms with Gasteiger partial charge in [-0.25, -0.2) is 4.98 Å². The quantitative estimate of drug-likeness (QED) is 0.643. The monoisotopic (exact) mass is 422 g/mol. The summed E-state index contributed by atoms with van der Waals surface area (Å²) in [4.78, 5) is 38.4. The molecule has 0 spiro atoms. The van der Waals surface area contributed by atoms with E-state index >= 15 is 0 Å². The molecule has 0 aliphatic carbocycles. The molecular formula is C23H26N4O2S. The van der Waals surface area contributed by atoms with Crippen LogP contribution >= 0.6 is 11.3 Å². The minimum absolute atomic E-state index is 0.0606. The normalized spacial score (nSPS) is 17.0. The Balaban J connectivity index is 1.42. The second kappa shape index (κ2) is 8.92. The van der Waals surface area contributed by atoms with E-state index < -0.39 is 0 Å². The molecule has 4 rings (SSSR count). The summed E-state index contributed by atoms with van der Waals surface area (Å²) in [7, 11) is 1.85. The van der Waals surface area contributed by atoms with E-state index in [4.69, 9.17) is 0 Å². The zero-order valence-corrected chi connectivity index (χ0v) is 18.2. The number of hydrogen-bond donors (Lipinski definition) is 0. The molecule has 1 unspecified atom stereocenters. The largest absolute Gasteiger partial charge is 0.342 e. The number of aryl methyl sites for hydroxylation is 1. The van der Waals surface area contributed by atoms with E-state index in [0.29, 0.717) is 18.7 Å². The van der Waals surface area contributed by atoms with Crippen LogP contribution in [-0.4, -0.2) is 57.8 Å². The van der Waals surface area contributed by atoms with Crippen molar-refractivity contribution in [3.05, 3.63) is 58.3 Å². The first-order chi connectivity index (χ1) is 14.5. The van der Waals surface area contributed by atoms with Crippen LogP contribution in [0.25, 0.3) is 10.8 Å². The van der Waals surface area contributed by atoms with E-state index in [9.17, 15) is 9.59 Å². The maximum absolute atomic E-state index is 13.2. The Bertz CT molecular complexity index is 1060. The predicted octanol–water partition coefficient (Wildman–Crippen LogP) is 3.70. The number of rotatable bonds is 4. The number of pyridine rings is 1. The van der Waals surface area contributed by atoms with Crippen molar-refractivity contribution in [1.29, 1.82) is 0 Å². The predicted molar refractivity (Wildman–Crippen MR) is 119 cm³/mol. The van der Waals surface area contributed by atoms with Crippen LogP contribution < -0.4 is 0 Å². The molecule has 0 radical (unpaired) electrons. The molecule has 30 heavy (non-hydrogen) atoms. The Hall–Kier alpha value is -2.80. The van der Waals surface area contributed by atoms with Crippen LogP contribution in [-0.2, 0) is 11.2 Å². The molecule has 1 fully saturated rings. The van der Waals surface area contributed by atoms with Crippen LogP contribution in [0.2, 0.25) is 0 Å². The summed E-state index contributed by atoms with van der Waals surface area (Å²) < 4.78 is 0. The van der Waals surface area contributed by atoms with Gasteiger partial charge in [-0.2, -0.15) is 0 Å². The summed E-state index contributed by atoms with van der Waals surface area (Å²) in [5.74, 6) is 0.0557. The van der Waals surface area contributed by atoms with Gasteiger partial charge >= 0.3 is 0 Å². The molecule has 0 N–H and O–H groups in total. The van der Waals surface area contributed by atoms with Gasteiger partial charge in [0.2, 0.25) is 5.91 Å². The molecule has 2 amide bonds. The van der Waals surface area contributed by atoms with E-state index in [1.54, 1.807) is 17.5 Å².